The van der Waals surface area contributed by atoms with E-state index in [1.807, 2.05) is 0 Å². The Morgan fingerprint density at radius 1 is 1.53 bits per heavy atom. The summed E-state index contributed by atoms with van der Waals surface area (Å²) in [6.45, 7) is 1.57. The van der Waals surface area contributed by atoms with Gasteiger partial charge in [-0.15, -0.1) is 0 Å². The van der Waals surface area contributed by atoms with Gasteiger partial charge in [-0.3, -0.25) is 0 Å². The standard InChI is InChI=1S/C8H6ClFN2O2S/c1-5-11-8(15(9,13)14)7-6(10)3-2-4-12(5)7/h2-4H,1H3. The predicted molar refractivity (Wildman–Crippen MR) is 52.9 cm³/mol. The van der Waals surface area contributed by atoms with Crippen molar-refractivity contribution in [2.45, 2.75) is 11.9 Å². The van der Waals surface area contributed by atoms with Crippen molar-refractivity contribution in [1.82, 2.24) is 9.38 Å². The first-order chi connectivity index (χ1) is 6.91. The summed E-state index contributed by atoms with van der Waals surface area (Å²) in [5.41, 5.74) is -0.120. The number of fused-ring (bicyclic) bond motifs is 1. The SMILES string of the molecule is Cc1nc(S(=O)(=O)Cl)c2c(F)cccn12. The summed E-state index contributed by atoms with van der Waals surface area (Å²) < 4.78 is 37.0. The van der Waals surface area contributed by atoms with Crippen molar-refractivity contribution in [1.29, 1.82) is 0 Å². The Morgan fingerprint density at radius 3 is 2.80 bits per heavy atom. The fourth-order valence-electron chi connectivity index (χ4n) is 1.38. The number of hydrogen-bond donors (Lipinski definition) is 0. The first kappa shape index (κ1) is 10.4. The first-order valence-corrected chi connectivity index (χ1v) is 6.30. The zero-order valence-corrected chi connectivity index (χ0v) is 9.18. The third-order valence-corrected chi connectivity index (χ3v) is 3.18. The highest BCUT2D eigenvalue weighted by atomic mass is 35.7. The second-order valence-electron chi connectivity index (χ2n) is 2.98. The molecule has 0 amide bonds. The molecule has 80 valence electrons. The number of aromatic nitrogens is 2. The molecule has 0 N–H and O–H groups in total. The molecule has 0 aromatic carbocycles. The van der Waals surface area contributed by atoms with Crippen LogP contribution < -0.4 is 0 Å². The molecule has 2 aromatic rings. The number of imidazole rings is 1. The lowest BCUT2D eigenvalue weighted by Crippen LogP contribution is -1.94. The summed E-state index contributed by atoms with van der Waals surface area (Å²) in [5.74, 6) is -0.305. The molecule has 0 unspecified atom stereocenters. The molecule has 0 saturated carbocycles. The minimum atomic E-state index is -4.03. The second kappa shape index (κ2) is 3.18. The highest BCUT2D eigenvalue weighted by molar-refractivity contribution is 8.13. The third kappa shape index (κ3) is 1.59. The van der Waals surface area contributed by atoms with Gasteiger partial charge in [0.1, 0.15) is 17.2 Å². The van der Waals surface area contributed by atoms with E-state index in [1.54, 1.807) is 6.92 Å². The van der Waals surface area contributed by atoms with Crippen LogP contribution in [0.1, 0.15) is 5.82 Å². The van der Waals surface area contributed by atoms with E-state index in [2.05, 4.69) is 4.98 Å². The fraction of sp³-hybridized carbons (Fsp3) is 0.125. The van der Waals surface area contributed by atoms with Crippen molar-refractivity contribution in [3.8, 4) is 0 Å². The normalized spacial score (nSPS) is 12.2. The van der Waals surface area contributed by atoms with E-state index in [0.29, 0.717) is 5.82 Å². The van der Waals surface area contributed by atoms with Crippen LogP contribution in [0.25, 0.3) is 5.52 Å². The lowest BCUT2D eigenvalue weighted by molar-refractivity contribution is 0.604. The zero-order chi connectivity index (χ0) is 11.2. The Hall–Kier alpha value is -1.14. The van der Waals surface area contributed by atoms with E-state index >= 15 is 0 Å². The van der Waals surface area contributed by atoms with Gasteiger partial charge in [0.2, 0.25) is 0 Å². The van der Waals surface area contributed by atoms with Crippen LogP contribution in [-0.4, -0.2) is 17.8 Å². The molecule has 0 radical (unpaired) electrons. The van der Waals surface area contributed by atoms with Gasteiger partial charge in [0.25, 0.3) is 9.05 Å². The Labute approximate surface area is 89.7 Å². The molecule has 2 heterocycles. The van der Waals surface area contributed by atoms with Crippen molar-refractivity contribution in [2.24, 2.45) is 0 Å². The van der Waals surface area contributed by atoms with Crippen LogP contribution in [0.4, 0.5) is 4.39 Å². The molecule has 2 rings (SSSR count). The van der Waals surface area contributed by atoms with Gasteiger partial charge < -0.3 is 4.40 Å². The molecule has 4 nitrogen and oxygen atoms in total. The summed E-state index contributed by atoms with van der Waals surface area (Å²) in [4.78, 5) is 3.72. The van der Waals surface area contributed by atoms with Gasteiger partial charge in [0.05, 0.1) is 0 Å². The topological polar surface area (TPSA) is 51.4 Å². The largest absolute Gasteiger partial charge is 0.300 e. The molecule has 0 aliphatic heterocycles. The van der Waals surface area contributed by atoms with E-state index in [4.69, 9.17) is 10.7 Å². The highest BCUT2D eigenvalue weighted by Gasteiger charge is 2.22. The van der Waals surface area contributed by atoms with Crippen molar-refractivity contribution in [3.63, 3.8) is 0 Å². The summed E-state index contributed by atoms with van der Waals surface area (Å²) in [5, 5.41) is -0.445. The third-order valence-electron chi connectivity index (χ3n) is 1.99. The van der Waals surface area contributed by atoms with E-state index in [0.717, 1.165) is 6.07 Å². The molecule has 0 aliphatic carbocycles. The number of nitrogens with zero attached hydrogens (tertiary/aromatic N) is 2. The van der Waals surface area contributed by atoms with Gasteiger partial charge in [-0.1, -0.05) is 0 Å². The van der Waals surface area contributed by atoms with E-state index in [9.17, 15) is 12.8 Å². The molecule has 7 heteroatoms. The maximum absolute atomic E-state index is 13.4. The monoisotopic (exact) mass is 248 g/mol. The van der Waals surface area contributed by atoms with E-state index < -0.39 is 19.9 Å². The maximum Gasteiger partial charge on any atom is 0.280 e. The number of aryl methyl sites for hydroxylation is 1. The van der Waals surface area contributed by atoms with Crippen molar-refractivity contribution < 1.29 is 12.8 Å². The number of rotatable bonds is 1. The van der Waals surface area contributed by atoms with Crippen LogP contribution in [-0.2, 0) is 9.05 Å². The Kier molecular flexibility index (Phi) is 2.20. The lowest BCUT2D eigenvalue weighted by atomic mass is 10.4. The smallest absolute Gasteiger partial charge is 0.280 e. The van der Waals surface area contributed by atoms with Crippen LogP contribution in [0.5, 0.6) is 0 Å². The maximum atomic E-state index is 13.4. The number of hydrogen-bond acceptors (Lipinski definition) is 3. The molecule has 15 heavy (non-hydrogen) atoms. The van der Waals surface area contributed by atoms with Gasteiger partial charge >= 0.3 is 0 Å². The lowest BCUT2D eigenvalue weighted by Gasteiger charge is -1.96. The molecular weight excluding hydrogens is 243 g/mol. The van der Waals surface area contributed by atoms with Gasteiger partial charge in [-0.2, -0.15) is 0 Å². The van der Waals surface area contributed by atoms with Gasteiger partial charge in [-0.05, 0) is 19.1 Å². The van der Waals surface area contributed by atoms with Crippen LogP contribution in [0, 0.1) is 12.7 Å². The molecule has 0 spiro atoms. The minimum absolute atomic E-state index is 0.120. The Bertz CT molecular complexity index is 635. The number of halogens is 2. The molecule has 0 atom stereocenters. The van der Waals surface area contributed by atoms with Gasteiger partial charge in [0, 0.05) is 16.9 Å². The molecule has 0 fully saturated rings. The predicted octanol–water partition coefficient (Wildman–Crippen LogP) is 1.71. The molecule has 0 bridgehead atoms. The average molecular weight is 249 g/mol. The summed E-state index contributed by atoms with van der Waals surface area (Å²) in [6.07, 6.45) is 1.52. The van der Waals surface area contributed by atoms with E-state index in [1.165, 1.54) is 16.7 Å². The van der Waals surface area contributed by atoms with Gasteiger partial charge in [-0.25, -0.2) is 17.8 Å². The fourth-order valence-corrected chi connectivity index (χ4v) is 2.37. The molecule has 0 aliphatic rings. The minimum Gasteiger partial charge on any atom is -0.300 e. The van der Waals surface area contributed by atoms with Crippen LogP contribution in [0.3, 0.4) is 0 Å². The number of pyridine rings is 1. The Morgan fingerprint density at radius 2 is 2.20 bits per heavy atom. The summed E-state index contributed by atoms with van der Waals surface area (Å²) in [6, 6.07) is 2.61. The first-order valence-electron chi connectivity index (χ1n) is 3.99. The molecular formula is C8H6ClFN2O2S. The highest BCUT2D eigenvalue weighted by Crippen LogP contribution is 2.23. The van der Waals surface area contributed by atoms with Crippen LogP contribution in [0.15, 0.2) is 23.4 Å². The zero-order valence-electron chi connectivity index (χ0n) is 7.61. The van der Waals surface area contributed by atoms with Crippen molar-refractivity contribution in [2.75, 3.05) is 0 Å². The van der Waals surface area contributed by atoms with Crippen molar-refractivity contribution in [3.05, 3.63) is 30.0 Å². The summed E-state index contributed by atoms with van der Waals surface area (Å²) >= 11 is 0. The van der Waals surface area contributed by atoms with E-state index in [-0.39, 0.29) is 5.52 Å². The van der Waals surface area contributed by atoms with Crippen molar-refractivity contribution >= 4 is 25.2 Å². The molecule has 0 saturated heterocycles. The molecule has 2 aromatic heterocycles. The summed E-state index contributed by atoms with van der Waals surface area (Å²) in [7, 11) is 1.12. The average Bonchev–Trinajstić information content (AvgIpc) is 2.45. The van der Waals surface area contributed by atoms with Crippen LogP contribution in [0.2, 0.25) is 0 Å². The van der Waals surface area contributed by atoms with Gasteiger partial charge in [0.15, 0.2) is 5.03 Å². The second-order valence-corrected chi connectivity index (χ2v) is 5.46. The van der Waals surface area contributed by atoms with Crippen LogP contribution >= 0.6 is 10.7 Å². The quantitative estimate of drug-likeness (QED) is 0.722. The Balaban J connectivity index is 3.01.